The molecule has 0 aliphatic rings. The van der Waals surface area contributed by atoms with Crippen molar-refractivity contribution >= 4 is 34.0 Å². The molecule has 3 rings (SSSR count). The molecule has 3 aromatic carbocycles. The first-order valence-electron chi connectivity index (χ1n) is 9.80. The molecular formula is C24H28N3O2+. The lowest BCUT2D eigenvalue weighted by Gasteiger charge is -2.16. The van der Waals surface area contributed by atoms with Gasteiger partial charge in [0.25, 0.3) is 11.8 Å². The molecule has 5 nitrogen and oxygen atoms in total. The number of anilines is 2. The third-order valence-corrected chi connectivity index (χ3v) is 4.93. The average molecular weight is 391 g/mol. The van der Waals surface area contributed by atoms with Crippen LogP contribution in [-0.4, -0.2) is 32.0 Å². The van der Waals surface area contributed by atoms with Gasteiger partial charge in [-0.1, -0.05) is 54.1 Å². The number of benzene rings is 3. The minimum atomic E-state index is -0.116. The summed E-state index contributed by atoms with van der Waals surface area (Å²) in [6, 6.07) is 17.9. The molecular weight excluding hydrogens is 362 g/mol. The Balaban J connectivity index is 1.58. The second kappa shape index (κ2) is 8.88. The Kier molecular flexibility index (Phi) is 6.29. The summed E-state index contributed by atoms with van der Waals surface area (Å²) in [5.41, 5.74) is 4.90. The summed E-state index contributed by atoms with van der Waals surface area (Å²) in [5, 5.41) is 8.05. The summed E-state index contributed by atoms with van der Waals surface area (Å²) in [5.74, 6) is -0.218. The van der Waals surface area contributed by atoms with Crippen LogP contribution < -0.4 is 15.5 Å². The van der Waals surface area contributed by atoms with Crippen molar-refractivity contribution in [3.05, 3.63) is 71.3 Å². The van der Waals surface area contributed by atoms with Gasteiger partial charge in [0.15, 0.2) is 13.1 Å². The molecule has 150 valence electrons. The van der Waals surface area contributed by atoms with Gasteiger partial charge in [-0.2, -0.15) is 0 Å². The fourth-order valence-electron chi connectivity index (χ4n) is 3.70. The van der Waals surface area contributed by atoms with E-state index in [0.29, 0.717) is 0 Å². The van der Waals surface area contributed by atoms with E-state index >= 15 is 0 Å². The van der Waals surface area contributed by atoms with Gasteiger partial charge in [-0.3, -0.25) is 9.59 Å². The van der Waals surface area contributed by atoms with Gasteiger partial charge in [-0.25, -0.2) is 0 Å². The minimum absolute atomic E-state index is 0.101. The topological polar surface area (TPSA) is 62.6 Å². The standard InChI is InChI=1S/C24H27N3O2/c1-16-12-17(2)24(18(3)13-16)26-23(29)15-27(4)14-22(28)25-21-11-7-9-19-8-5-6-10-20(19)21/h5-13H,14-15H2,1-4H3,(H,25,28)(H,26,29)/p+1. The molecule has 0 saturated carbocycles. The summed E-state index contributed by atoms with van der Waals surface area (Å²) in [6.45, 7) is 6.45. The number of aryl methyl sites for hydroxylation is 3. The van der Waals surface area contributed by atoms with Gasteiger partial charge >= 0.3 is 0 Å². The zero-order valence-corrected chi connectivity index (χ0v) is 17.4. The number of fused-ring (bicyclic) bond motifs is 1. The molecule has 0 spiro atoms. The third kappa shape index (κ3) is 5.21. The summed E-state index contributed by atoms with van der Waals surface area (Å²) in [7, 11) is 1.84. The first kappa shape index (κ1) is 20.6. The Bertz CT molecular complexity index is 1030. The van der Waals surface area contributed by atoms with Gasteiger partial charge in [0.2, 0.25) is 0 Å². The van der Waals surface area contributed by atoms with Crippen molar-refractivity contribution in [2.75, 3.05) is 30.8 Å². The number of hydrogen-bond donors (Lipinski definition) is 3. The maximum Gasteiger partial charge on any atom is 0.279 e. The van der Waals surface area contributed by atoms with Crippen LogP contribution in [0.3, 0.4) is 0 Å². The van der Waals surface area contributed by atoms with E-state index in [9.17, 15) is 9.59 Å². The molecule has 0 radical (unpaired) electrons. The first-order chi connectivity index (χ1) is 13.8. The van der Waals surface area contributed by atoms with Crippen LogP contribution in [0.2, 0.25) is 0 Å². The molecule has 29 heavy (non-hydrogen) atoms. The molecule has 3 N–H and O–H groups in total. The van der Waals surface area contributed by atoms with E-state index in [1.807, 2.05) is 70.3 Å². The third-order valence-electron chi connectivity index (χ3n) is 4.93. The monoisotopic (exact) mass is 390 g/mol. The summed E-state index contributed by atoms with van der Waals surface area (Å²) >= 11 is 0. The summed E-state index contributed by atoms with van der Waals surface area (Å²) in [6.07, 6.45) is 0. The quantitative estimate of drug-likeness (QED) is 0.606. The van der Waals surface area contributed by atoms with E-state index in [2.05, 4.69) is 22.8 Å². The van der Waals surface area contributed by atoms with Crippen LogP contribution >= 0.6 is 0 Å². The number of carbonyl (C=O) groups is 2. The van der Waals surface area contributed by atoms with Gasteiger partial charge in [0.1, 0.15) is 0 Å². The fourth-order valence-corrected chi connectivity index (χ4v) is 3.70. The molecule has 3 aromatic rings. The van der Waals surface area contributed by atoms with Gasteiger partial charge in [-0.05, 0) is 43.4 Å². The zero-order valence-electron chi connectivity index (χ0n) is 17.4. The Labute approximate surface area is 171 Å². The van der Waals surface area contributed by atoms with E-state index in [4.69, 9.17) is 0 Å². The number of amides is 2. The van der Waals surface area contributed by atoms with Crippen LogP contribution in [0.25, 0.3) is 10.8 Å². The molecule has 5 heteroatoms. The Morgan fingerprint density at radius 3 is 2.10 bits per heavy atom. The van der Waals surface area contributed by atoms with Crippen molar-refractivity contribution in [2.24, 2.45) is 0 Å². The van der Waals surface area contributed by atoms with Crippen molar-refractivity contribution in [2.45, 2.75) is 20.8 Å². The smallest absolute Gasteiger partial charge is 0.279 e. The second-order valence-corrected chi connectivity index (χ2v) is 7.71. The maximum absolute atomic E-state index is 12.5. The number of hydrogen-bond acceptors (Lipinski definition) is 2. The fraction of sp³-hybridized carbons (Fsp3) is 0.250. The van der Waals surface area contributed by atoms with Crippen molar-refractivity contribution < 1.29 is 14.5 Å². The van der Waals surface area contributed by atoms with E-state index < -0.39 is 0 Å². The summed E-state index contributed by atoms with van der Waals surface area (Å²) in [4.78, 5) is 25.8. The molecule has 0 saturated heterocycles. The largest absolute Gasteiger partial charge is 0.322 e. The van der Waals surface area contributed by atoms with Crippen molar-refractivity contribution in [1.29, 1.82) is 0 Å². The highest BCUT2D eigenvalue weighted by Gasteiger charge is 2.16. The molecule has 0 bridgehead atoms. The number of rotatable bonds is 6. The van der Waals surface area contributed by atoms with Gasteiger partial charge in [0, 0.05) is 16.8 Å². The Morgan fingerprint density at radius 2 is 1.41 bits per heavy atom. The lowest BCUT2D eigenvalue weighted by Crippen LogP contribution is -3.11. The van der Waals surface area contributed by atoms with Crippen LogP contribution in [0.1, 0.15) is 16.7 Å². The molecule has 0 aliphatic carbocycles. The Hall–Kier alpha value is -3.18. The van der Waals surface area contributed by atoms with E-state index in [-0.39, 0.29) is 24.9 Å². The second-order valence-electron chi connectivity index (χ2n) is 7.71. The highest BCUT2D eigenvalue weighted by molar-refractivity contribution is 6.02. The van der Waals surface area contributed by atoms with Crippen molar-refractivity contribution in [3.63, 3.8) is 0 Å². The molecule has 1 atom stereocenters. The highest BCUT2D eigenvalue weighted by atomic mass is 16.2. The van der Waals surface area contributed by atoms with Crippen LogP contribution in [0, 0.1) is 20.8 Å². The average Bonchev–Trinajstić information content (AvgIpc) is 2.64. The number of quaternary nitrogens is 1. The highest BCUT2D eigenvalue weighted by Crippen LogP contribution is 2.23. The Morgan fingerprint density at radius 1 is 0.828 bits per heavy atom. The number of likely N-dealkylation sites (N-methyl/N-ethyl adjacent to an activating group) is 1. The van der Waals surface area contributed by atoms with Gasteiger partial charge < -0.3 is 15.5 Å². The van der Waals surface area contributed by atoms with Crippen LogP contribution in [0.15, 0.2) is 54.6 Å². The van der Waals surface area contributed by atoms with Crippen molar-refractivity contribution in [3.8, 4) is 0 Å². The van der Waals surface area contributed by atoms with Crippen LogP contribution in [0.4, 0.5) is 11.4 Å². The summed E-state index contributed by atoms with van der Waals surface area (Å²) < 4.78 is 0. The van der Waals surface area contributed by atoms with Crippen LogP contribution in [0.5, 0.6) is 0 Å². The normalized spacial score (nSPS) is 11.9. The van der Waals surface area contributed by atoms with E-state index in [1.54, 1.807) is 0 Å². The lowest BCUT2D eigenvalue weighted by molar-refractivity contribution is -0.862. The first-order valence-corrected chi connectivity index (χ1v) is 9.80. The number of carbonyl (C=O) groups excluding carboxylic acids is 2. The van der Waals surface area contributed by atoms with Gasteiger partial charge in [-0.15, -0.1) is 0 Å². The molecule has 1 unspecified atom stereocenters. The molecule has 2 amide bonds. The zero-order chi connectivity index (χ0) is 21.0. The number of nitrogens with one attached hydrogen (secondary N) is 3. The molecule has 0 aromatic heterocycles. The molecule has 0 aliphatic heterocycles. The maximum atomic E-state index is 12.5. The predicted molar refractivity (Wildman–Crippen MR) is 118 cm³/mol. The van der Waals surface area contributed by atoms with Crippen molar-refractivity contribution in [1.82, 2.24) is 0 Å². The van der Waals surface area contributed by atoms with E-state index in [1.165, 1.54) is 5.56 Å². The van der Waals surface area contributed by atoms with Gasteiger partial charge in [0.05, 0.1) is 7.05 Å². The minimum Gasteiger partial charge on any atom is -0.322 e. The molecule has 0 fully saturated rings. The van der Waals surface area contributed by atoms with Crippen LogP contribution in [-0.2, 0) is 9.59 Å². The predicted octanol–water partition coefficient (Wildman–Crippen LogP) is 2.86. The van der Waals surface area contributed by atoms with E-state index in [0.717, 1.165) is 38.2 Å². The SMILES string of the molecule is Cc1cc(C)c(NC(=O)C[NH+](C)CC(=O)Nc2cccc3ccccc23)c(C)c1. The molecule has 0 heterocycles. The lowest BCUT2D eigenvalue weighted by atomic mass is 10.1.